The van der Waals surface area contributed by atoms with E-state index >= 15 is 0 Å². The van der Waals surface area contributed by atoms with E-state index in [1.165, 1.54) is 11.1 Å². The first-order valence-electron chi connectivity index (χ1n) is 12.0. The number of aryl methyl sites for hydroxylation is 2. The molecule has 0 fully saturated rings. The lowest BCUT2D eigenvalue weighted by Crippen LogP contribution is -2.45. The molecular formula is C28H42O4S. The molecule has 0 bridgehead atoms. The van der Waals surface area contributed by atoms with Crippen molar-refractivity contribution in [3.8, 4) is 11.5 Å². The minimum atomic E-state index is -1.31. The van der Waals surface area contributed by atoms with E-state index in [0.29, 0.717) is 11.5 Å². The Morgan fingerprint density at radius 1 is 0.848 bits per heavy atom. The predicted octanol–water partition coefficient (Wildman–Crippen LogP) is 6.65. The van der Waals surface area contributed by atoms with Crippen LogP contribution in [0, 0.1) is 19.3 Å². The minimum Gasteiger partial charge on any atom is -0.490 e. The molecule has 0 amide bonds. The number of aliphatic hydroxyl groups is 1. The molecule has 4 nitrogen and oxygen atoms in total. The lowest BCUT2D eigenvalue weighted by molar-refractivity contribution is -0.0725. The smallest absolute Gasteiger partial charge is 0.206 e. The summed E-state index contributed by atoms with van der Waals surface area (Å²) < 4.78 is 23.5. The largest absolute Gasteiger partial charge is 0.490 e. The summed E-state index contributed by atoms with van der Waals surface area (Å²) in [6.45, 7) is 18.5. The molecule has 0 heterocycles. The van der Waals surface area contributed by atoms with Crippen LogP contribution < -0.4 is 8.92 Å². The normalized spacial score (nSPS) is 15.1. The summed E-state index contributed by atoms with van der Waals surface area (Å²) in [6.07, 6.45) is 1.89. The van der Waals surface area contributed by atoms with Gasteiger partial charge in [-0.1, -0.05) is 65.8 Å². The molecule has 0 aliphatic heterocycles. The molecule has 2 atom stereocenters. The monoisotopic (exact) mass is 474 g/mol. The Balaban J connectivity index is 2.38. The van der Waals surface area contributed by atoms with Crippen LogP contribution in [-0.4, -0.2) is 27.3 Å². The molecule has 33 heavy (non-hydrogen) atoms. The van der Waals surface area contributed by atoms with Crippen LogP contribution in [-0.2, 0) is 16.5 Å². The van der Waals surface area contributed by atoms with Crippen LogP contribution >= 0.6 is 0 Å². The van der Waals surface area contributed by atoms with Gasteiger partial charge in [0.05, 0.1) is 5.75 Å². The Morgan fingerprint density at radius 2 is 1.33 bits per heavy atom. The summed E-state index contributed by atoms with van der Waals surface area (Å²) >= 11 is -1.31. The van der Waals surface area contributed by atoms with E-state index in [2.05, 4.69) is 45.0 Å². The predicted molar refractivity (Wildman–Crippen MR) is 139 cm³/mol. The summed E-state index contributed by atoms with van der Waals surface area (Å²) in [6, 6.07) is 12.6. The quantitative estimate of drug-likeness (QED) is 0.419. The molecule has 0 radical (unpaired) electrons. The molecule has 1 N–H and O–H groups in total. The molecule has 0 aromatic heterocycles. The number of rotatable bonds is 10. The van der Waals surface area contributed by atoms with Crippen molar-refractivity contribution in [3.05, 3.63) is 58.7 Å². The molecule has 2 aromatic rings. The Kier molecular flexibility index (Phi) is 8.80. The fourth-order valence-electron chi connectivity index (χ4n) is 3.98. The van der Waals surface area contributed by atoms with Gasteiger partial charge in [-0.2, -0.15) is 0 Å². The van der Waals surface area contributed by atoms with Gasteiger partial charge in [0.15, 0.2) is 0 Å². The first-order valence-corrected chi connectivity index (χ1v) is 13.2. The summed E-state index contributed by atoms with van der Waals surface area (Å²) in [5.74, 6) is 1.94. The van der Waals surface area contributed by atoms with Gasteiger partial charge in [0.1, 0.15) is 23.7 Å². The van der Waals surface area contributed by atoms with Gasteiger partial charge in [0.2, 0.25) is 11.1 Å². The van der Waals surface area contributed by atoms with Crippen molar-refractivity contribution >= 4 is 11.1 Å². The van der Waals surface area contributed by atoms with E-state index in [1.54, 1.807) is 0 Å². The topological polar surface area (TPSA) is 55.8 Å². The average molecular weight is 475 g/mol. The van der Waals surface area contributed by atoms with E-state index in [1.807, 2.05) is 53.7 Å². The first-order chi connectivity index (χ1) is 15.3. The highest BCUT2D eigenvalue weighted by atomic mass is 32.2. The van der Waals surface area contributed by atoms with Crippen molar-refractivity contribution in [1.29, 1.82) is 0 Å². The summed E-state index contributed by atoms with van der Waals surface area (Å²) in [4.78, 5) is 0. The van der Waals surface area contributed by atoms with Gasteiger partial charge < -0.3 is 14.0 Å². The maximum absolute atomic E-state index is 11.8. The molecular weight excluding hydrogens is 432 g/mol. The zero-order chi connectivity index (χ0) is 25.0. The fourth-order valence-corrected chi connectivity index (χ4v) is 4.48. The highest BCUT2D eigenvalue weighted by Crippen LogP contribution is 2.42. The van der Waals surface area contributed by atoms with Gasteiger partial charge in [-0.05, 0) is 73.4 Å². The molecule has 2 rings (SSSR count). The van der Waals surface area contributed by atoms with Gasteiger partial charge in [0, 0.05) is 5.41 Å². The summed E-state index contributed by atoms with van der Waals surface area (Å²) in [7, 11) is 0. The Morgan fingerprint density at radius 3 is 1.73 bits per heavy atom. The van der Waals surface area contributed by atoms with Crippen LogP contribution in [0.1, 0.15) is 83.6 Å². The third-order valence-electron chi connectivity index (χ3n) is 7.21. The maximum atomic E-state index is 11.8. The highest BCUT2D eigenvalue weighted by Gasteiger charge is 2.36. The van der Waals surface area contributed by atoms with E-state index in [9.17, 15) is 9.32 Å². The van der Waals surface area contributed by atoms with Crippen molar-refractivity contribution in [3.63, 3.8) is 0 Å². The molecule has 0 saturated carbocycles. The van der Waals surface area contributed by atoms with Gasteiger partial charge in [-0.3, -0.25) is 0 Å². The maximum Gasteiger partial charge on any atom is 0.206 e. The van der Waals surface area contributed by atoms with Crippen molar-refractivity contribution in [1.82, 2.24) is 0 Å². The number of hydrogen-bond donors (Lipinski definition) is 1. The van der Waals surface area contributed by atoms with Crippen LogP contribution in [0.5, 0.6) is 11.5 Å². The second kappa shape index (κ2) is 10.6. The van der Waals surface area contributed by atoms with Crippen molar-refractivity contribution < 1.29 is 18.2 Å². The van der Waals surface area contributed by atoms with Crippen LogP contribution in [0.2, 0.25) is 0 Å². The second-order valence-electron chi connectivity index (χ2n) is 10.2. The minimum absolute atomic E-state index is 0.145. The van der Waals surface area contributed by atoms with Gasteiger partial charge in [0.25, 0.3) is 0 Å². The standard InChI is InChI=1S/C28H42O4S/c1-10-28(11-2,23-14-16-25(21(5)18-23)32-33(30)12-3)22-13-15-24(20(4)17-22)31-19-27(9,29)26(6,7)8/h13-18,29H,10-12,19H2,1-9H3. The molecule has 0 spiro atoms. The lowest BCUT2D eigenvalue weighted by Gasteiger charge is -2.37. The number of benzene rings is 2. The molecule has 2 aromatic carbocycles. The zero-order valence-corrected chi connectivity index (χ0v) is 22.7. The molecule has 0 saturated heterocycles. The summed E-state index contributed by atoms with van der Waals surface area (Å²) in [5, 5.41) is 10.8. The highest BCUT2D eigenvalue weighted by molar-refractivity contribution is 7.80. The molecule has 184 valence electrons. The second-order valence-corrected chi connectivity index (χ2v) is 11.6. The third kappa shape index (κ3) is 5.99. The van der Waals surface area contributed by atoms with E-state index < -0.39 is 16.7 Å². The van der Waals surface area contributed by atoms with Crippen molar-refractivity contribution in [2.75, 3.05) is 12.4 Å². The zero-order valence-electron chi connectivity index (χ0n) is 21.9. The van der Waals surface area contributed by atoms with E-state index in [4.69, 9.17) is 8.92 Å². The van der Waals surface area contributed by atoms with Gasteiger partial charge >= 0.3 is 0 Å². The third-order valence-corrected chi connectivity index (χ3v) is 8.04. The van der Waals surface area contributed by atoms with Crippen LogP contribution in [0.4, 0.5) is 0 Å². The molecule has 0 aliphatic rings. The average Bonchev–Trinajstić information content (AvgIpc) is 2.75. The number of hydrogen-bond acceptors (Lipinski definition) is 4. The first kappa shape index (κ1) is 27.4. The van der Waals surface area contributed by atoms with Crippen LogP contribution in [0.25, 0.3) is 0 Å². The lowest BCUT2D eigenvalue weighted by atomic mass is 9.70. The molecule has 5 heteroatoms. The fraction of sp³-hybridized carbons (Fsp3) is 0.571. The van der Waals surface area contributed by atoms with E-state index in [0.717, 1.165) is 29.7 Å². The number of ether oxygens (including phenoxy) is 1. The van der Waals surface area contributed by atoms with Crippen molar-refractivity contribution in [2.24, 2.45) is 5.41 Å². The van der Waals surface area contributed by atoms with Gasteiger partial charge in [-0.15, -0.1) is 0 Å². The van der Waals surface area contributed by atoms with Crippen LogP contribution in [0.15, 0.2) is 36.4 Å². The Hall–Kier alpha value is -1.85. The summed E-state index contributed by atoms with van der Waals surface area (Å²) in [5.41, 5.74) is 3.15. The SMILES string of the molecule is CCS(=O)Oc1ccc(C(CC)(CC)c2ccc(OCC(C)(O)C(C)(C)C)c(C)c2)cc1C. The van der Waals surface area contributed by atoms with Crippen LogP contribution in [0.3, 0.4) is 0 Å². The Bertz CT molecular complexity index is 968. The molecule has 0 aliphatic carbocycles. The van der Waals surface area contributed by atoms with Crippen molar-refractivity contribution in [2.45, 2.75) is 86.2 Å². The molecule has 2 unspecified atom stereocenters. The van der Waals surface area contributed by atoms with E-state index in [-0.39, 0.29) is 17.4 Å². The van der Waals surface area contributed by atoms with Gasteiger partial charge in [-0.25, -0.2) is 4.21 Å². The Labute approximate surface area is 203 Å².